The van der Waals surface area contributed by atoms with Crippen LogP contribution < -0.4 is 4.74 Å². The van der Waals surface area contributed by atoms with Crippen molar-refractivity contribution in [1.29, 1.82) is 0 Å². The predicted molar refractivity (Wildman–Crippen MR) is 78.5 cm³/mol. The van der Waals surface area contributed by atoms with Gasteiger partial charge in [-0.2, -0.15) is 0 Å². The molecule has 0 bridgehead atoms. The van der Waals surface area contributed by atoms with Crippen molar-refractivity contribution in [3.63, 3.8) is 0 Å². The molecule has 0 aliphatic rings. The molecule has 0 N–H and O–H groups in total. The molecular weight excluding hydrogens is 250 g/mol. The minimum atomic E-state index is -0.335. The second-order valence-electron chi connectivity index (χ2n) is 4.47. The smallest absolute Gasteiger partial charge is 0.308 e. The Bertz CT molecular complexity index is 766. The lowest BCUT2D eigenvalue weighted by atomic mass is 10.0. The molecule has 3 nitrogen and oxygen atoms in total. The maximum Gasteiger partial charge on any atom is 0.308 e. The Morgan fingerprint density at radius 1 is 1.00 bits per heavy atom. The van der Waals surface area contributed by atoms with Crippen molar-refractivity contribution in [3.05, 3.63) is 60.8 Å². The molecule has 0 saturated heterocycles. The van der Waals surface area contributed by atoms with Gasteiger partial charge in [0.25, 0.3) is 0 Å². The summed E-state index contributed by atoms with van der Waals surface area (Å²) < 4.78 is 5.43. The molecule has 0 unspecified atom stereocenters. The molecule has 1 aromatic heterocycles. The molecule has 20 heavy (non-hydrogen) atoms. The highest BCUT2D eigenvalue weighted by atomic mass is 16.5. The number of ether oxygens (including phenoxy) is 1. The van der Waals surface area contributed by atoms with Gasteiger partial charge in [0, 0.05) is 24.1 Å². The van der Waals surface area contributed by atoms with Crippen molar-refractivity contribution in [3.8, 4) is 17.0 Å². The quantitative estimate of drug-likeness (QED) is 0.521. The fourth-order valence-corrected chi connectivity index (χ4v) is 2.22. The summed E-state index contributed by atoms with van der Waals surface area (Å²) in [6.45, 7) is 1.41. The summed E-state index contributed by atoms with van der Waals surface area (Å²) in [5.74, 6) is 0.229. The van der Waals surface area contributed by atoms with E-state index in [9.17, 15) is 4.79 Å². The molecule has 98 valence electrons. The summed E-state index contributed by atoms with van der Waals surface area (Å²) in [4.78, 5) is 15.7. The Balaban J connectivity index is 2.28. The van der Waals surface area contributed by atoms with Gasteiger partial charge in [-0.25, -0.2) is 0 Å². The van der Waals surface area contributed by atoms with Crippen LogP contribution in [0.5, 0.6) is 5.75 Å². The van der Waals surface area contributed by atoms with Crippen molar-refractivity contribution in [2.75, 3.05) is 0 Å². The lowest BCUT2D eigenvalue weighted by Crippen LogP contribution is -2.03. The van der Waals surface area contributed by atoms with Gasteiger partial charge in [0.15, 0.2) is 0 Å². The second-order valence-corrected chi connectivity index (χ2v) is 4.47. The van der Waals surface area contributed by atoms with E-state index in [4.69, 9.17) is 4.74 Å². The number of carbonyl (C=O) groups is 1. The lowest BCUT2D eigenvalue weighted by molar-refractivity contribution is -0.131. The number of carbonyl (C=O) groups excluding carboxylic acids is 1. The van der Waals surface area contributed by atoms with Gasteiger partial charge < -0.3 is 4.74 Å². The van der Waals surface area contributed by atoms with Crippen molar-refractivity contribution in [1.82, 2.24) is 4.98 Å². The van der Waals surface area contributed by atoms with Crippen LogP contribution in [0.2, 0.25) is 0 Å². The molecule has 0 amide bonds. The molecule has 0 aliphatic carbocycles. The first-order valence-electron chi connectivity index (χ1n) is 6.37. The van der Waals surface area contributed by atoms with Crippen LogP contribution in [-0.2, 0) is 4.79 Å². The van der Waals surface area contributed by atoms with Crippen LogP contribution in [0, 0.1) is 0 Å². The number of rotatable bonds is 2. The number of aromatic nitrogens is 1. The van der Waals surface area contributed by atoms with Gasteiger partial charge in [-0.1, -0.05) is 36.4 Å². The highest BCUT2D eigenvalue weighted by molar-refractivity contribution is 5.96. The number of hydrogen-bond acceptors (Lipinski definition) is 3. The second kappa shape index (κ2) is 5.13. The zero-order valence-electron chi connectivity index (χ0n) is 11.0. The lowest BCUT2D eigenvalue weighted by Gasteiger charge is -2.11. The topological polar surface area (TPSA) is 39.2 Å². The molecule has 0 fully saturated rings. The Kier molecular flexibility index (Phi) is 3.17. The fraction of sp³-hybridized carbons (Fsp3) is 0.0588. The van der Waals surface area contributed by atoms with E-state index in [1.165, 1.54) is 6.92 Å². The van der Waals surface area contributed by atoms with E-state index in [1.807, 2.05) is 54.6 Å². The summed E-state index contributed by atoms with van der Waals surface area (Å²) in [7, 11) is 0. The molecule has 2 aromatic carbocycles. The largest absolute Gasteiger partial charge is 0.425 e. The fourth-order valence-electron chi connectivity index (χ4n) is 2.22. The maximum absolute atomic E-state index is 11.4. The Morgan fingerprint density at radius 3 is 2.55 bits per heavy atom. The number of esters is 1. The van der Waals surface area contributed by atoms with Gasteiger partial charge in [0.2, 0.25) is 0 Å². The molecule has 3 heteroatoms. The standard InChI is InChI=1S/C17H13NO2/c1-12(19)20-17-14-7-3-2-6-13(14)9-10-15(17)16-8-4-5-11-18-16/h2-11H,1H3. The molecule has 3 rings (SSSR count). The molecule has 0 atom stereocenters. The summed E-state index contributed by atoms with van der Waals surface area (Å²) in [5, 5.41) is 1.94. The van der Waals surface area contributed by atoms with Crippen molar-refractivity contribution >= 4 is 16.7 Å². The molecule has 0 aliphatic heterocycles. The van der Waals surface area contributed by atoms with E-state index in [0.717, 1.165) is 22.0 Å². The maximum atomic E-state index is 11.4. The SMILES string of the molecule is CC(=O)Oc1c(-c2ccccn2)ccc2ccccc12. The molecule has 3 aromatic rings. The van der Waals surface area contributed by atoms with Gasteiger partial charge in [0.1, 0.15) is 5.75 Å². The van der Waals surface area contributed by atoms with E-state index in [1.54, 1.807) is 6.20 Å². The van der Waals surface area contributed by atoms with E-state index in [2.05, 4.69) is 4.98 Å². The minimum Gasteiger partial charge on any atom is -0.425 e. The third-order valence-corrected chi connectivity index (χ3v) is 3.07. The van der Waals surface area contributed by atoms with Gasteiger partial charge >= 0.3 is 5.97 Å². The summed E-state index contributed by atoms with van der Waals surface area (Å²) >= 11 is 0. The van der Waals surface area contributed by atoms with Gasteiger partial charge in [0.05, 0.1) is 5.69 Å². The van der Waals surface area contributed by atoms with E-state index in [0.29, 0.717) is 5.75 Å². The minimum absolute atomic E-state index is 0.335. The van der Waals surface area contributed by atoms with Gasteiger partial charge in [-0.15, -0.1) is 0 Å². The summed E-state index contributed by atoms with van der Waals surface area (Å²) in [5.41, 5.74) is 1.61. The predicted octanol–water partition coefficient (Wildman–Crippen LogP) is 3.83. The van der Waals surface area contributed by atoms with Crippen LogP contribution >= 0.6 is 0 Å². The molecular formula is C17H13NO2. The number of pyridine rings is 1. The molecule has 0 radical (unpaired) electrons. The average molecular weight is 263 g/mol. The third-order valence-electron chi connectivity index (χ3n) is 3.07. The van der Waals surface area contributed by atoms with Crippen LogP contribution in [0.4, 0.5) is 0 Å². The van der Waals surface area contributed by atoms with Crippen LogP contribution in [-0.4, -0.2) is 11.0 Å². The van der Waals surface area contributed by atoms with Gasteiger partial charge in [-0.3, -0.25) is 9.78 Å². The Morgan fingerprint density at radius 2 is 1.80 bits per heavy atom. The zero-order valence-corrected chi connectivity index (χ0v) is 11.0. The summed E-state index contributed by atoms with van der Waals surface area (Å²) in [6, 6.07) is 17.4. The highest BCUT2D eigenvalue weighted by Crippen LogP contribution is 2.36. The monoisotopic (exact) mass is 263 g/mol. The highest BCUT2D eigenvalue weighted by Gasteiger charge is 2.13. The van der Waals surface area contributed by atoms with Crippen molar-refractivity contribution < 1.29 is 9.53 Å². The first-order valence-corrected chi connectivity index (χ1v) is 6.37. The number of nitrogens with zero attached hydrogens (tertiary/aromatic N) is 1. The van der Waals surface area contributed by atoms with Crippen molar-refractivity contribution in [2.45, 2.75) is 6.92 Å². The normalized spacial score (nSPS) is 10.4. The summed E-state index contributed by atoms with van der Waals surface area (Å²) in [6.07, 6.45) is 1.72. The zero-order chi connectivity index (χ0) is 13.9. The third kappa shape index (κ3) is 2.26. The molecule has 0 spiro atoms. The van der Waals surface area contributed by atoms with E-state index >= 15 is 0 Å². The van der Waals surface area contributed by atoms with Crippen LogP contribution in [0.15, 0.2) is 60.8 Å². The first-order chi connectivity index (χ1) is 9.75. The van der Waals surface area contributed by atoms with E-state index < -0.39 is 0 Å². The number of fused-ring (bicyclic) bond motifs is 1. The number of hydrogen-bond donors (Lipinski definition) is 0. The molecule has 1 heterocycles. The Labute approximate surface area is 116 Å². The van der Waals surface area contributed by atoms with Crippen LogP contribution in [0.3, 0.4) is 0 Å². The number of benzene rings is 2. The van der Waals surface area contributed by atoms with Crippen LogP contribution in [0.25, 0.3) is 22.0 Å². The Hall–Kier alpha value is -2.68. The first kappa shape index (κ1) is 12.4. The van der Waals surface area contributed by atoms with Crippen molar-refractivity contribution in [2.24, 2.45) is 0 Å². The molecule has 0 saturated carbocycles. The van der Waals surface area contributed by atoms with Crippen LogP contribution in [0.1, 0.15) is 6.92 Å². The average Bonchev–Trinajstić information content (AvgIpc) is 2.48. The van der Waals surface area contributed by atoms with Gasteiger partial charge in [-0.05, 0) is 23.6 Å². The van der Waals surface area contributed by atoms with E-state index in [-0.39, 0.29) is 5.97 Å².